The number of benzene rings is 4. The van der Waals surface area contributed by atoms with E-state index in [4.69, 9.17) is 4.98 Å². The zero-order valence-corrected chi connectivity index (χ0v) is 31.6. The van der Waals surface area contributed by atoms with Gasteiger partial charge in [0, 0.05) is 65.5 Å². The van der Waals surface area contributed by atoms with E-state index in [1.165, 1.54) is 0 Å². The number of phenolic OH excluding ortho intramolecular Hbond substituents is 1. The van der Waals surface area contributed by atoms with Crippen LogP contribution in [-0.2, 0) is 21.4 Å². The summed E-state index contributed by atoms with van der Waals surface area (Å²) in [5.41, 5.74) is 9.14. The third-order valence-electron chi connectivity index (χ3n) is 11.2. The Morgan fingerprint density at radius 3 is 1.65 bits per heavy atom. The molecule has 280 valence electrons. The average molecular weight is 727 g/mol. The Balaban J connectivity index is 1.38. The summed E-state index contributed by atoms with van der Waals surface area (Å²) in [5, 5.41) is 30.4. The zero-order valence-electron chi connectivity index (χ0n) is 31.6. The third kappa shape index (κ3) is 7.32. The summed E-state index contributed by atoms with van der Waals surface area (Å²) in [6.07, 6.45) is 3.18. The van der Waals surface area contributed by atoms with Crippen LogP contribution in [0.15, 0.2) is 91.0 Å². The molecule has 2 fully saturated rings. The SMILES string of the molecule is CCc1cc(-c2nc(-c3ccc(N4CCC(C(=O)O)CC4)cc3)c(-c3ccc(N4CCC(C(=O)O)CC4)cc3)n2-c2ccccc2)cc(C(C)(C)C)c1O. The zero-order chi connectivity index (χ0) is 38.1. The Labute approximate surface area is 317 Å². The number of aryl methyl sites for hydroxylation is 1. The van der Waals surface area contributed by atoms with E-state index in [1.54, 1.807) is 0 Å². The van der Waals surface area contributed by atoms with E-state index in [0.29, 0.717) is 64.0 Å². The van der Waals surface area contributed by atoms with Crippen LogP contribution in [0.5, 0.6) is 5.75 Å². The molecule has 0 atom stereocenters. The molecule has 3 heterocycles. The Hall–Kier alpha value is -5.57. The minimum atomic E-state index is -0.715. The van der Waals surface area contributed by atoms with Crippen LogP contribution >= 0.6 is 0 Å². The summed E-state index contributed by atoms with van der Waals surface area (Å²) >= 11 is 0. The van der Waals surface area contributed by atoms with Gasteiger partial charge in [0.25, 0.3) is 0 Å². The molecule has 9 heteroatoms. The van der Waals surface area contributed by atoms with Crippen LogP contribution in [0.1, 0.15) is 64.5 Å². The lowest BCUT2D eigenvalue weighted by Crippen LogP contribution is -2.36. The van der Waals surface area contributed by atoms with Crippen molar-refractivity contribution < 1.29 is 24.9 Å². The molecule has 7 rings (SSSR count). The van der Waals surface area contributed by atoms with E-state index < -0.39 is 11.9 Å². The second-order valence-corrected chi connectivity index (χ2v) is 15.7. The van der Waals surface area contributed by atoms with Crippen molar-refractivity contribution >= 4 is 23.3 Å². The molecule has 0 amide bonds. The smallest absolute Gasteiger partial charge is 0.306 e. The van der Waals surface area contributed by atoms with Crippen molar-refractivity contribution in [2.75, 3.05) is 36.0 Å². The van der Waals surface area contributed by atoms with Crippen LogP contribution < -0.4 is 9.80 Å². The van der Waals surface area contributed by atoms with Gasteiger partial charge in [-0.2, -0.15) is 0 Å². The third-order valence-corrected chi connectivity index (χ3v) is 11.2. The van der Waals surface area contributed by atoms with Gasteiger partial charge >= 0.3 is 11.9 Å². The molecule has 0 saturated carbocycles. The maximum absolute atomic E-state index is 11.6. The van der Waals surface area contributed by atoms with Gasteiger partial charge in [-0.25, -0.2) is 4.98 Å². The Morgan fingerprint density at radius 2 is 1.19 bits per heavy atom. The number of anilines is 2. The van der Waals surface area contributed by atoms with Crippen molar-refractivity contribution in [2.24, 2.45) is 11.8 Å². The normalized spacial score (nSPS) is 15.8. The number of rotatable bonds is 9. The molecule has 5 aromatic rings. The number of phenols is 1. The van der Waals surface area contributed by atoms with E-state index in [0.717, 1.165) is 62.1 Å². The lowest BCUT2D eigenvalue weighted by Gasteiger charge is -2.32. The largest absolute Gasteiger partial charge is 0.507 e. The lowest BCUT2D eigenvalue weighted by molar-refractivity contribution is -0.143. The molecule has 4 aromatic carbocycles. The number of aliphatic carboxylic acids is 2. The average Bonchev–Trinajstić information content (AvgIpc) is 3.59. The molecule has 2 aliphatic heterocycles. The molecule has 2 saturated heterocycles. The van der Waals surface area contributed by atoms with Crippen molar-refractivity contribution in [3.8, 4) is 45.3 Å². The van der Waals surface area contributed by atoms with Crippen molar-refractivity contribution in [1.29, 1.82) is 0 Å². The predicted octanol–water partition coefficient (Wildman–Crippen LogP) is 9.04. The second kappa shape index (κ2) is 15.0. The fourth-order valence-electron chi connectivity index (χ4n) is 8.00. The Bertz CT molecular complexity index is 2120. The van der Waals surface area contributed by atoms with Crippen molar-refractivity contribution in [3.05, 3.63) is 102 Å². The molecule has 1 aromatic heterocycles. The highest BCUT2D eigenvalue weighted by molar-refractivity contribution is 5.85. The van der Waals surface area contributed by atoms with E-state index in [2.05, 4.69) is 115 Å². The molecule has 54 heavy (non-hydrogen) atoms. The van der Waals surface area contributed by atoms with Gasteiger partial charge in [0.1, 0.15) is 11.6 Å². The number of piperidine rings is 2. The Kier molecular flexibility index (Phi) is 10.2. The highest BCUT2D eigenvalue weighted by Gasteiger charge is 2.29. The highest BCUT2D eigenvalue weighted by atomic mass is 16.4. The molecule has 9 nitrogen and oxygen atoms in total. The molecule has 0 aliphatic carbocycles. The minimum Gasteiger partial charge on any atom is -0.507 e. The van der Waals surface area contributed by atoms with E-state index in [1.807, 2.05) is 18.2 Å². The number of para-hydroxylation sites is 1. The summed E-state index contributed by atoms with van der Waals surface area (Å²) in [5.74, 6) is -0.918. The van der Waals surface area contributed by atoms with Gasteiger partial charge in [0.15, 0.2) is 0 Å². The number of imidazole rings is 1. The number of carboxylic acids is 2. The van der Waals surface area contributed by atoms with Crippen LogP contribution in [0.25, 0.3) is 39.6 Å². The molecular formula is C45H50N4O5. The molecule has 0 unspecified atom stereocenters. The first-order chi connectivity index (χ1) is 25.9. The van der Waals surface area contributed by atoms with Gasteiger partial charge in [-0.05, 0) is 91.6 Å². The summed E-state index contributed by atoms with van der Waals surface area (Å²) in [6.45, 7) is 11.2. The van der Waals surface area contributed by atoms with Crippen LogP contribution in [0, 0.1) is 11.8 Å². The lowest BCUT2D eigenvalue weighted by atomic mass is 9.83. The number of aromatic nitrogens is 2. The molecule has 3 N–H and O–H groups in total. The topological polar surface area (TPSA) is 119 Å². The van der Waals surface area contributed by atoms with Gasteiger partial charge in [0.2, 0.25) is 0 Å². The fourth-order valence-corrected chi connectivity index (χ4v) is 8.00. The monoisotopic (exact) mass is 726 g/mol. The minimum absolute atomic E-state index is 0.293. The van der Waals surface area contributed by atoms with Gasteiger partial charge in [0.05, 0.1) is 23.2 Å². The number of hydrogen-bond acceptors (Lipinski definition) is 6. The Morgan fingerprint density at radius 1 is 0.685 bits per heavy atom. The maximum Gasteiger partial charge on any atom is 0.306 e. The molecule has 0 radical (unpaired) electrons. The summed E-state index contributed by atoms with van der Waals surface area (Å²) in [4.78, 5) is 33.2. The van der Waals surface area contributed by atoms with Crippen LogP contribution in [-0.4, -0.2) is 63.0 Å². The fraction of sp³-hybridized carbons (Fsp3) is 0.356. The number of hydrogen-bond donors (Lipinski definition) is 3. The van der Waals surface area contributed by atoms with Gasteiger partial charge in [-0.15, -0.1) is 0 Å². The maximum atomic E-state index is 11.6. The van der Waals surface area contributed by atoms with E-state index in [-0.39, 0.29) is 17.3 Å². The standard InChI is InChI=1S/C45H50N4O5/c1-5-29-27-34(28-38(41(29)50)45(2,3)4)42-46-39(30-11-15-35(16-12-30)47-23-19-32(20-24-47)43(51)52)40(49(42)37-9-7-6-8-10-37)31-13-17-36(18-14-31)48-25-21-33(22-26-48)44(53)54/h6-18,27-28,32-33,50H,5,19-26H2,1-4H3,(H,51,52)(H,53,54). The summed E-state index contributed by atoms with van der Waals surface area (Å²) in [7, 11) is 0. The van der Waals surface area contributed by atoms with Gasteiger partial charge < -0.3 is 25.1 Å². The van der Waals surface area contributed by atoms with Gasteiger partial charge in [-0.3, -0.25) is 14.2 Å². The second-order valence-electron chi connectivity index (χ2n) is 15.7. The van der Waals surface area contributed by atoms with Crippen LogP contribution in [0.3, 0.4) is 0 Å². The number of carboxylic acid groups (broad SMARTS) is 2. The molecular weight excluding hydrogens is 677 g/mol. The number of nitrogens with zero attached hydrogens (tertiary/aromatic N) is 4. The highest BCUT2D eigenvalue weighted by Crippen LogP contribution is 2.43. The molecule has 2 aliphatic rings. The van der Waals surface area contributed by atoms with Crippen LogP contribution in [0.4, 0.5) is 11.4 Å². The molecule has 0 bridgehead atoms. The predicted molar refractivity (Wildman–Crippen MR) is 215 cm³/mol. The first-order valence-electron chi connectivity index (χ1n) is 19.1. The van der Waals surface area contributed by atoms with E-state index >= 15 is 0 Å². The van der Waals surface area contributed by atoms with Crippen molar-refractivity contribution in [1.82, 2.24) is 9.55 Å². The van der Waals surface area contributed by atoms with Crippen LogP contribution in [0.2, 0.25) is 0 Å². The van der Waals surface area contributed by atoms with E-state index in [9.17, 15) is 24.9 Å². The molecule has 0 spiro atoms. The quantitative estimate of drug-likeness (QED) is 0.138. The number of aromatic hydroxyl groups is 1. The number of carbonyl (C=O) groups is 2. The van der Waals surface area contributed by atoms with Crippen molar-refractivity contribution in [3.63, 3.8) is 0 Å². The first kappa shape index (κ1) is 36.8. The van der Waals surface area contributed by atoms with Gasteiger partial charge in [-0.1, -0.05) is 70.2 Å². The summed E-state index contributed by atoms with van der Waals surface area (Å²) < 4.78 is 2.23. The van der Waals surface area contributed by atoms with Crippen molar-refractivity contribution in [2.45, 2.75) is 65.2 Å². The summed E-state index contributed by atoms with van der Waals surface area (Å²) in [6, 6.07) is 31.4. The first-order valence-corrected chi connectivity index (χ1v) is 19.1.